The van der Waals surface area contributed by atoms with Crippen LogP contribution >= 0.6 is 0 Å². The molecule has 12 nitrogen and oxygen atoms in total. The molecule has 0 bridgehead atoms. The molecule has 1 fully saturated rings. The van der Waals surface area contributed by atoms with Crippen molar-refractivity contribution in [3.8, 4) is 6.01 Å². The summed E-state index contributed by atoms with van der Waals surface area (Å²) in [7, 11) is 0. The van der Waals surface area contributed by atoms with E-state index in [1.165, 1.54) is 0 Å². The van der Waals surface area contributed by atoms with Gasteiger partial charge in [-0.1, -0.05) is 68.4 Å². The fourth-order valence-corrected chi connectivity index (χ4v) is 6.66. The van der Waals surface area contributed by atoms with Crippen molar-refractivity contribution in [1.29, 1.82) is 0 Å². The van der Waals surface area contributed by atoms with Crippen LogP contribution in [0, 0.1) is 19.8 Å². The number of nitrogens with zero attached hydrogens (tertiary/aromatic N) is 4. The molecule has 4 N–H and O–H groups in total. The number of likely N-dealkylation sites (tertiary alicyclic amines) is 1. The lowest BCUT2D eigenvalue weighted by atomic mass is 9.94. The maximum atomic E-state index is 14.0. The van der Waals surface area contributed by atoms with Crippen molar-refractivity contribution < 1.29 is 24.2 Å². The lowest BCUT2D eigenvalue weighted by Crippen LogP contribution is -2.60. The number of amides is 3. The minimum absolute atomic E-state index is 0.118. The van der Waals surface area contributed by atoms with Crippen LogP contribution in [0.1, 0.15) is 74.9 Å². The summed E-state index contributed by atoms with van der Waals surface area (Å²) >= 11 is 0. The van der Waals surface area contributed by atoms with Gasteiger partial charge in [-0.3, -0.25) is 19.3 Å². The van der Waals surface area contributed by atoms with Crippen LogP contribution in [0.3, 0.4) is 0 Å². The van der Waals surface area contributed by atoms with Crippen molar-refractivity contribution in [1.82, 2.24) is 35.8 Å². The second kappa shape index (κ2) is 17.3. The van der Waals surface area contributed by atoms with E-state index >= 15 is 0 Å². The first-order valence-electron chi connectivity index (χ1n) is 18.4. The van der Waals surface area contributed by atoms with E-state index in [1.807, 2.05) is 120 Å². The van der Waals surface area contributed by atoms with E-state index in [-0.39, 0.29) is 36.2 Å². The minimum atomic E-state index is -1.06. The first-order valence-corrected chi connectivity index (χ1v) is 18.4. The molecule has 0 saturated carbocycles. The van der Waals surface area contributed by atoms with Gasteiger partial charge in [-0.15, -0.1) is 0 Å². The van der Waals surface area contributed by atoms with E-state index in [4.69, 9.17) is 4.74 Å². The molecule has 5 atom stereocenters. The molecule has 0 unspecified atom stereocenters. The van der Waals surface area contributed by atoms with Gasteiger partial charge in [0, 0.05) is 41.8 Å². The monoisotopic (exact) mass is 723 g/mol. The van der Waals surface area contributed by atoms with Gasteiger partial charge in [-0.05, 0) is 77.1 Å². The number of hydrogen-bond acceptors (Lipinski definition) is 9. The fourth-order valence-electron chi connectivity index (χ4n) is 6.66. The Bertz CT molecular complexity index is 1860. The van der Waals surface area contributed by atoms with Crippen molar-refractivity contribution in [2.45, 2.75) is 104 Å². The molecule has 0 spiro atoms. The molecule has 0 radical (unpaired) electrons. The Hall–Kier alpha value is -4.94. The van der Waals surface area contributed by atoms with Crippen molar-refractivity contribution in [3.05, 3.63) is 95.4 Å². The summed E-state index contributed by atoms with van der Waals surface area (Å²) in [4.78, 5) is 56.5. The number of rotatable bonds is 13. The highest BCUT2D eigenvalue weighted by atomic mass is 16.5. The van der Waals surface area contributed by atoms with Gasteiger partial charge in [0.15, 0.2) is 0 Å². The van der Waals surface area contributed by atoms with Gasteiger partial charge in [0.05, 0.1) is 23.7 Å². The number of fused-ring (bicyclic) bond motifs is 1. The quantitative estimate of drug-likeness (QED) is 0.158. The third-order valence-electron chi connectivity index (χ3n) is 9.28. The van der Waals surface area contributed by atoms with Gasteiger partial charge in [-0.2, -0.15) is 0 Å². The molecule has 282 valence electrons. The number of β-amino-alcohol motifs (C(OH)–C–C–N with tert-alkyl or cyclic N) is 1. The number of piperidine rings is 1. The minimum Gasteiger partial charge on any atom is -0.460 e. The number of hydrogen-bond donors (Lipinski definition) is 4. The number of aryl methyl sites for hydroxylation is 2. The highest BCUT2D eigenvalue weighted by Gasteiger charge is 2.38. The van der Waals surface area contributed by atoms with Crippen LogP contribution in [0.2, 0.25) is 0 Å². The zero-order valence-electron chi connectivity index (χ0n) is 31.8. The predicted octanol–water partition coefficient (Wildman–Crippen LogP) is 4.31. The molecule has 3 amide bonds. The van der Waals surface area contributed by atoms with E-state index in [9.17, 15) is 19.5 Å². The topological polar surface area (TPSA) is 159 Å². The summed E-state index contributed by atoms with van der Waals surface area (Å²) in [6.45, 7) is 13.8. The van der Waals surface area contributed by atoms with Crippen molar-refractivity contribution >= 4 is 28.6 Å². The number of aliphatic hydroxyl groups excluding tert-OH is 1. The molecular weight excluding hydrogens is 670 g/mol. The summed E-state index contributed by atoms with van der Waals surface area (Å²) in [5.74, 6) is -1.32. The van der Waals surface area contributed by atoms with Gasteiger partial charge in [0.1, 0.15) is 17.8 Å². The lowest BCUT2D eigenvalue weighted by Gasteiger charge is -2.41. The Morgan fingerprint density at radius 1 is 0.925 bits per heavy atom. The molecule has 2 aromatic carbocycles. The molecular formula is C41H53N7O5. The molecule has 1 aliphatic rings. The summed E-state index contributed by atoms with van der Waals surface area (Å²) < 4.78 is 6.21. The van der Waals surface area contributed by atoms with E-state index in [2.05, 4.69) is 30.9 Å². The van der Waals surface area contributed by atoms with Crippen molar-refractivity contribution in [2.75, 3.05) is 13.1 Å². The Morgan fingerprint density at radius 2 is 1.60 bits per heavy atom. The number of carbonyl (C=O) groups excluding carboxylic acids is 3. The number of pyridine rings is 1. The smallest absolute Gasteiger partial charge is 0.317 e. The Morgan fingerprint density at radius 3 is 2.28 bits per heavy atom. The van der Waals surface area contributed by atoms with Crippen molar-refractivity contribution in [2.24, 2.45) is 5.92 Å². The summed E-state index contributed by atoms with van der Waals surface area (Å²) in [6, 6.07) is 20.5. The van der Waals surface area contributed by atoms with Crippen LogP contribution in [-0.4, -0.2) is 91.6 Å². The fraction of sp³-hybridized carbons (Fsp3) is 0.463. The number of benzene rings is 2. The van der Waals surface area contributed by atoms with Gasteiger partial charge in [0.25, 0.3) is 5.91 Å². The number of aliphatic hydroxyl groups is 1. The van der Waals surface area contributed by atoms with Crippen LogP contribution in [-0.2, 0) is 16.0 Å². The van der Waals surface area contributed by atoms with Crippen LogP contribution in [0.4, 0.5) is 0 Å². The molecule has 5 rings (SSSR count). The predicted molar refractivity (Wildman–Crippen MR) is 204 cm³/mol. The number of nitrogens with one attached hydrogen (secondary N) is 3. The highest BCUT2D eigenvalue weighted by molar-refractivity contribution is 5.98. The number of carbonyl (C=O) groups is 3. The van der Waals surface area contributed by atoms with Gasteiger partial charge < -0.3 is 25.8 Å². The third kappa shape index (κ3) is 11.0. The Labute approximate surface area is 312 Å². The molecule has 2 aromatic heterocycles. The van der Waals surface area contributed by atoms with Crippen LogP contribution in [0.25, 0.3) is 10.9 Å². The second-order valence-corrected chi connectivity index (χ2v) is 15.4. The van der Waals surface area contributed by atoms with Crippen molar-refractivity contribution in [3.63, 3.8) is 0 Å². The van der Waals surface area contributed by atoms with Crippen LogP contribution in [0.15, 0.2) is 72.8 Å². The first-order chi connectivity index (χ1) is 25.1. The molecule has 4 aromatic rings. The Balaban J connectivity index is 1.33. The molecule has 53 heavy (non-hydrogen) atoms. The molecule has 1 aliphatic heterocycles. The maximum Gasteiger partial charge on any atom is 0.317 e. The van der Waals surface area contributed by atoms with Crippen LogP contribution in [0.5, 0.6) is 6.01 Å². The van der Waals surface area contributed by atoms with E-state index in [1.54, 1.807) is 6.07 Å². The van der Waals surface area contributed by atoms with Crippen LogP contribution < -0.4 is 20.7 Å². The lowest BCUT2D eigenvalue weighted by molar-refractivity contribution is -0.132. The highest BCUT2D eigenvalue weighted by Crippen LogP contribution is 2.24. The zero-order chi connectivity index (χ0) is 38.3. The van der Waals surface area contributed by atoms with Gasteiger partial charge >= 0.3 is 6.01 Å². The van der Waals surface area contributed by atoms with Gasteiger partial charge in [0.2, 0.25) is 11.8 Å². The first kappa shape index (κ1) is 39.3. The maximum absolute atomic E-state index is 14.0. The average molecular weight is 724 g/mol. The largest absolute Gasteiger partial charge is 0.460 e. The average Bonchev–Trinajstić information content (AvgIpc) is 3.09. The van der Waals surface area contributed by atoms with Gasteiger partial charge in [-0.25, -0.2) is 15.0 Å². The second-order valence-electron chi connectivity index (χ2n) is 15.4. The molecule has 12 heteroatoms. The van der Waals surface area contributed by atoms with E-state index in [0.717, 1.165) is 22.3 Å². The summed E-state index contributed by atoms with van der Waals surface area (Å²) in [5, 5.41) is 21.9. The molecule has 3 heterocycles. The molecule has 0 aliphatic carbocycles. The van der Waals surface area contributed by atoms with E-state index < -0.39 is 41.6 Å². The normalized spacial score (nSPS) is 18.2. The SMILES string of the molecule is Cc1cc(C)nc(O[C@@H]2CCN(C[C@@H](O)[C@H](Cc3ccccc3)NC(=O)[C@@H](NC(=O)c3ccc4ccccc4n3)C(C)C)[C@H](C(=O)NC(C)(C)C)C2)n1. The third-order valence-corrected chi connectivity index (χ3v) is 9.28. The summed E-state index contributed by atoms with van der Waals surface area (Å²) in [6.07, 6.45) is -0.0863. The Kier molecular flexibility index (Phi) is 12.8. The number of ether oxygens (including phenoxy) is 1. The standard InChI is InChI=1S/C41H53N7O5/c1-25(2)36(46-37(50)32-18-17-29-15-11-12-16-31(29)44-32)39(52)45-33(22-28-13-9-8-10-14-28)35(49)24-48-20-19-30(23-34(48)38(51)47-41(5,6)7)53-40-42-26(3)21-27(4)43-40/h8-18,21,25,30,33-36,49H,19-20,22-24H2,1-7H3,(H,45,52)(H,46,50)(H,47,51)/t30-,33+,34+,35-,36+/m1/s1. The number of para-hydroxylation sites is 1. The zero-order valence-corrected chi connectivity index (χ0v) is 31.8. The molecule has 1 saturated heterocycles. The number of aromatic nitrogens is 3. The summed E-state index contributed by atoms with van der Waals surface area (Å²) in [5.41, 5.74) is 2.93. The van der Waals surface area contributed by atoms with E-state index in [0.29, 0.717) is 31.3 Å².